The number of nitrogens with zero attached hydrogens (tertiary/aromatic N) is 1. The van der Waals surface area contributed by atoms with Crippen molar-refractivity contribution in [1.82, 2.24) is 0 Å². The van der Waals surface area contributed by atoms with Gasteiger partial charge in [-0.15, -0.1) is 0 Å². The van der Waals surface area contributed by atoms with Gasteiger partial charge in [0.25, 0.3) is 0 Å². The molecule has 1 aliphatic rings. The topological polar surface area (TPSA) is 99.7 Å². The number of hydrogen-bond acceptors (Lipinski definition) is 3. The second-order valence-electron chi connectivity index (χ2n) is 2.42. The summed E-state index contributed by atoms with van der Waals surface area (Å²) >= 11 is 0. The molecule has 1 atom stereocenters. The van der Waals surface area contributed by atoms with Crippen LogP contribution < -0.4 is 17.2 Å². The highest BCUT2D eigenvalue weighted by atomic mass is 16.6. The maximum Gasteiger partial charge on any atom is 0.228 e. The Kier molecular flexibility index (Phi) is 1.96. The predicted octanol–water partition coefficient (Wildman–Crippen LogP) is -1.11. The molecule has 0 bridgehead atoms. The number of rotatable bonds is 3. The first kappa shape index (κ1) is 7.14. The molecule has 1 aliphatic carbocycles. The quantitative estimate of drug-likeness (QED) is 0.202. The molecule has 0 aliphatic heterocycles. The fraction of sp³-hybridized carbons (Fsp3) is 0.800. The fourth-order valence-electron chi connectivity index (χ4n) is 0.633. The summed E-state index contributed by atoms with van der Waals surface area (Å²) in [5.74, 6) is 0.360. The van der Waals surface area contributed by atoms with Crippen LogP contribution in [-0.2, 0) is 4.84 Å². The highest BCUT2D eigenvalue weighted by molar-refractivity contribution is 5.74. The van der Waals surface area contributed by atoms with Gasteiger partial charge in [0, 0.05) is 5.92 Å². The molecule has 1 unspecified atom stereocenters. The molecule has 0 aromatic heterocycles. The summed E-state index contributed by atoms with van der Waals surface area (Å²) in [5.41, 5.74) is 15.5. The van der Waals surface area contributed by atoms with Gasteiger partial charge in [0.05, 0.1) is 0 Å². The molecule has 5 heteroatoms. The summed E-state index contributed by atoms with van der Waals surface area (Å²) in [6.07, 6.45) is 1.89. The van der Waals surface area contributed by atoms with Crippen molar-refractivity contribution in [2.45, 2.75) is 19.1 Å². The third kappa shape index (κ3) is 2.10. The molecular weight excluding hydrogens is 132 g/mol. The molecule has 1 rings (SSSR count). The molecule has 0 heterocycles. The first-order chi connectivity index (χ1) is 4.70. The van der Waals surface area contributed by atoms with E-state index < -0.39 is 0 Å². The van der Waals surface area contributed by atoms with E-state index in [1.165, 1.54) is 0 Å². The van der Waals surface area contributed by atoms with Gasteiger partial charge in [0.15, 0.2) is 6.23 Å². The smallest absolute Gasteiger partial charge is 0.228 e. The Bertz CT molecular complexity index is 139. The van der Waals surface area contributed by atoms with Crippen LogP contribution in [0.25, 0.3) is 0 Å². The van der Waals surface area contributed by atoms with Gasteiger partial charge in [-0.2, -0.15) is 0 Å². The van der Waals surface area contributed by atoms with E-state index in [2.05, 4.69) is 5.16 Å². The predicted molar refractivity (Wildman–Crippen MR) is 37.6 cm³/mol. The van der Waals surface area contributed by atoms with Gasteiger partial charge in [-0.1, -0.05) is 0 Å². The van der Waals surface area contributed by atoms with Crippen molar-refractivity contribution in [3.63, 3.8) is 0 Å². The van der Waals surface area contributed by atoms with Gasteiger partial charge in [-0.05, 0) is 18.0 Å². The minimum atomic E-state index is -0.331. The summed E-state index contributed by atoms with van der Waals surface area (Å²) in [6.45, 7) is 0. The Labute approximate surface area is 59.2 Å². The molecule has 1 fully saturated rings. The van der Waals surface area contributed by atoms with Crippen LogP contribution >= 0.6 is 0 Å². The molecule has 10 heavy (non-hydrogen) atoms. The lowest BCUT2D eigenvalue weighted by atomic mass is 10.4. The molecule has 0 radical (unpaired) electrons. The van der Waals surface area contributed by atoms with Crippen molar-refractivity contribution in [3.05, 3.63) is 0 Å². The summed E-state index contributed by atoms with van der Waals surface area (Å²) in [6, 6.07) is 0. The lowest BCUT2D eigenvalue weighted by Gasteiger charge is -2.06. The van der Waals surface area contributed by atoms with Gasteiger partial charge in [0.2, 0.25) is 5.96 Å². The van der Waals surface area contributed by atoms with Crippen LogP contribution in [0.3, 0.4) is 0 Å². The molecule has 0 spiro atoms. The maximum atomic E-state index is 5.49. The molecule has 0 saturated heterocycles. The molecule has 5 nitrogen and oxygen atoms in total. The molecule has 6 N–H and O–H groups in total. The SMILES string of the molecule is NC(N)=NOC(N)C1CC1. The Balaban J connectivity index is 2.17. The monoisotopic (exact) mass is 144 g/mol. The van der Waals surface area contributed by atoms with Crippen LogP contribution in [0.1, 0.15) is 12.8 Å². The molecule has 58 valence electrons. The van der Waals surface area contributed by atoms with Crippen molar-refractivity contribution in [1.29, 1.82) is 0 Å². The zero-order valence-corrected chi connectivity index (χ0v) is 5.66. The van der Waals surface area contributed by atoms with Gasteiger partial charge in [-0.3, -0.25) is 5.73 Å². The lowest BCUT2D eigenvalue weighted by Crippen LogP contribution is -2.28. The van der Waals surface area contributed by atoms with Crippen LogP contribution in [0.15, 0.2) is 5.16 Å². The van der Waals surface area contributed by atoms with E-state index >= 15 is 0 Å². The highest BCUT2D eigenvalue weighted by Gasteiger charge is 2.30. The highest BCUT2D eigenvalue weighted by Crippen LogP contribution is 2.31. The van der Waals surface area contributed by atoms with Gasteiger partial charge in [-0.25, -0.2) is 0 Å². The zero-order chi connectivity index (χ0) is 7.56. The first-order valence-corrected chi connectivity index (χ1v) is 3.20. The number of hydrogen-bond donors (Lipinski definition) is 3. The van der Waals surface area contributed by atoms with Crippen LogP contribution in [0.5, 0.6) is 0 Å². The minimum absolute atomic E-state index is 0.0869. The Hall–Kier alpha value is -0.970. The summed E-state index contributed by atoms with van der Waals surface area (Å²) in [4.78, 5) is 4.74. The number of guanidine groups is 1. The maximum absolute atomic E-state index is 5.49. The minimum Gasteiger partial charge on any atom is -0.373 e. The fourth-order valence-corrected chi connectivity index (χ4v) is 0.633. The third-order valence-electron chi connectivity index (χ3n) is 1.37. The van der Waals surface area contributed by atoms with Crippen LogP contribution in [0.4, 0.5) is 0 Å². The molecule has 0 aromatic rings. The van der Waals surface area contributed by atoms with Crippen molar-refractivity contribution in [2.75, 3.05) is 0 Å². The summed E-state index contributed by atoms with van der Waals surface area (Å²) in [7, 11) is 0. The average molecular weight is 144 g/mol. The van der Waals surface area contributed by atoms with E-state index in [0.717, 1.165) is 12.8 Å². The third-order valence-corrected chi connectivity index (χ3v) is 1.37. The Morgan fingerprint density at radius 2 is 2.10 bits per heavy atom. The summed E-state index contributed by atoms with van der Waals surface area (Å²) in [5, 5.41) is 3.33. The van der Waals surface area contributed by atoms with Gasteiger partial charge in [0.1, 0.15) is 0 Å². The van der Waals surface area contributed by atoms with E-state index in [1.807, 2.05) is 0 Å². The molecule has 0 amide bonds. The van der Waals surface area contributed by atoms with Gasteiger partial charge >= 0.3 is 0 Å². The van der Waals surface area contributed by atoms with Crippen molar-refractivity contribution < 1.29 is 4.84 Å². The normalized spacial score (nSPS) is 19.7. The molecular formula is C5H12N4O. The molecule has 1 saturated carbocycles. The summed E-state index contributed by atoms with van der Waals surface area (Å²) < 4.78 is 0. The largest absolute Gasteiger partial charge is 0.373 e. The molecule has 0 aromatic carbocycles. The standard InChI is InChI=1S/C5H12N4O/c6-4(3-1-2-3)10-9-5(7)8/h3-4H,1-2,6H2,(H4,7,8,9). The van der Waals surface area contributed by atoms with E-state index in [0.29, 0.717) is 5.92 Å². The second kappa shape index (κ2) is 2.74. The second-order valence-corrected chi connectivity index (χ2v) is 2.42. The van der Waals surface area contributed by atoms with E-state index in [9.17, 15) is 0 Å². The van der Waals surface area contributed by atoms with E-state index in [-0.39, 0.29) is 12.2 Å². The number of nitrogens with two attached hydrogens (primary N) is 3. The lowest BCUT2D eigenvalue weighted by molar-refractivity contribution is 0.0475. The van der Waals surface area contributed by atoms with Crippen molar-refractivity contribution in [2.24, 2.45) is 28.3 Å². The Morgan fingerprint density at radius 1 is 1.50 bits per heavy atom. The number of oxime groups is 1. The van der Waals surface area contributed by atoms with Gasteiger partial charge < -0.3 is 16.3 Å². The van der Waals surface area contributed by atoms with Crippen LogP contribution in [-0.4, -0.2) is 12.2 Å². The van der Waals surface area contributed by atoms with Crippen molar-refractivity contribution >= 4 is 5.96 Å². The van der Waals surface area contributed by atoms with E-state index in [4.69, 9.17) is 22.0 Å². The first-order valence-electron chi connectivity index (χ1n) is 3.20. The van der Waals surface area contributed by atoms with Crippen molar-refractivity contribution in [3.8, 4) is 0 Å². The average Bonchev–Trinajstić information content (AvgIpc) is 2.63. The van der Waals surface area contributed by atoms with Crippen LogP contribution in [0, 0.1) is 5.92 Å². The van der Waals surface area contributed by atoms with E-state index in [1.54, 1.807) is 0 Å². The van der Waals surface area contributed by atoms with Crippen LogP contribution in [0.2, 0.25) is 0 Å². The Morgan fingerprint density at radius 3 is 2.50 bits per heavy atom. The zero-order valence-electron chi connectivity index (χ0n) is 5.66.